The Hall–Kier alpha value is -0.970. The average Bonchev–Trinajstić information content (AvgIpc) is 2.42. The third-order valence-corrected chi connectivity index (χ3v) is 3.02. The van der Waals surface area contributed by atoms with E-state index < -0.39 is 33.6 Å². The molecule has 0 aliphatic carbocycles. The third kappa shape index (κ3) is 5.73. The smallest absolute Gasteiger partial charge is 1.00 e. The van der Waals surface area contributed by atoms with Gasteiger partial charge in [-0.05, 0) is 18.2 Å². The molecule has 0 bridgehead atoms. The number of carbonyl (C=O) groups excluding carboxylic acids is 2. The first-order chi connectivity index (χ1) is 9.29. The molecule has 112 valence electrons. The number of esters is 2. The van der Waals surface area contributed by atoms with Gasteiger partial charge in [0, 0.05) is 0 Å². The van der Waals surface area contributed by atoms with Crippen LogP contribution in [0.1, 0.15) is 22.1 Å². The van der Waals surface area contributed by atoms with Crippen LogP contribution >= 0.6 is 0 Å². The molecule has 0 aliphatic rings. The molecule has 0 heterocycles. The molecule has 0 spiro atoms. The fourth-order valence-electron chi connectivity index (χ4n) is 1.32. The van der Waals surface area contributed by atoms with E-state index in [1.807, 2.05) is 0 Å². The number of hydrogen-bond acceptors (Lipinski definition) is 7. The van der Waals surface area contributed by atoms with Crippen molar-refractivity contribution in [2.45, 2.75) is 4.90 Å². The molecule has 0 aliphatic heterocycles. The molecule has 1 aromatic rings. The van der Waals surface area contributed by atoms with Gasteiger partial charge in [0.25, 0.3) is 10.1 Å². The number of aliphatic hydroxyl groups excluding tert-OH is 1. The quantitative estimate of drug-likeness (QED) is 0.332. The third-order valence-electron chi connectivity index (χ3n) is 2.19. The van der Waals surface area contributed by atoms with Gasteiger partial charge in [0.15, 0.2) is 0 Å². The van der Waals surface area contributed by atoms with Crippen LogP contribution in [0.25, 0.3) is 0 Å². The maximum absolute atomic E-state index is 11.6. The normalized spacial score (nSPS) is 10.4. The number of hydrogen-bond donors (Lipinski definition) is 2. The summed E-state index contributed by atoms with van der Waals surface area (Å²) in [6, 6.07) is 2.77. The standard InChI is InChI=1S/C11H12O8S.Na.H/c1-18-10(13)7-4-8(11(14)19-3-2-12)6-9(5-7)20(15,16)17;;/h4-6,12H,2-3H2,1H3,(H,15,16,17);;/q;+1;-1. The first-order valence-corrected chi connectivity index (χ1v) is 6.72. The minimum absolute atomic E-state index is 0. The van der Waals surface area contributed by atoms with Crippen LogP contribution in [0, 0.1) is 0 Å². The van der Waals surface area contributed by atoms with Gasteiger partial charge in [-0.3, -0.25) is 4.55 Å². The van der Waals surface area contributed by atoms with Gasteiger partial charge < -0.3 is 16.0 Å². The minimum atomic E-state index is -4.61. The van der Waals surface area contributed by atoms with E-state index >= 15 is 0 Å². The summed E-state index contributed by atoms with van der Waals surface area (Å²) in [5, 5.41) is 8.54. The molecule has 8 nitrogen and oxygen atoms in total. The zero-order valence-corrected chi connectivity index (χ0v) is 14.2. The molecule has 2 N–H and O–H groups in total. The largest absolute Gasteiger partial charge is 1.00 e. The summed E-state index contributed by atoms with van der Waals surface area (Å²) in [7, 11) is -3.53. The summed E-state index contributed by atoms with van der Waals surface area (Å²) in [6.45, 7) is -0.698. The number of aliphatic hydroxyl groups is 1. The first kappa shape index (κ1) is 20.0. The molecule has 1 aromatic carbocycles. The predicted molar refractivity (Wildman–Crippen MR) is 66.1 cm³/mol. The molecule has 0 aromatic heterocycles. The zero-order chi connectivity index (χ0) is 15.3. The van der Waals surface area contributed by atoms with Crippen LogP contribution in [0.3, 0.4) is 0 Å². The van der Waals surface area contributed by atoms with E-state index in [-0.39, 0.29) is 48.7 Å². The minimum Gasteiger partial charge on any atom is -1.00 e. The molecule has 21 heavy (non-hydrogen) atoms. The molecule has 0 saturated heterocycles. The number of ether oxygens (including phenoxy) is 2. The zero-order valence-electron chi connectivity index (χ0n) is 12.4. The average molecular weight is 328 g/mol. The number of carbonyl (C=O) groups is 2. The second kappa shape index (κ2) is 8.47. The summed E-state index contributed by atoms with van der Waals surface area (Å²) >= 11 is 0. The van der Waals surface area contributed by atoms with Crippen LogP contribution in [-0.2, 0) is 19.6 Å². The van der Waals surface area contributed by atoms with Crippen molar-refractivity contribution in [3.05, 3.63) is 29.3 Å². The molecule has 0 radical (unpaired) electrons. The fourth-order valence-corrected chi connectivity index (χ4v) is 1.88. The van der Waals surface area contributed by atoms with Gasteiger partial charge in [-0.25, -0.2) is 9.59 Å². The SMILES string of the molecule is COC(=O)c1cc(C(=O)OCCO)cc(S(=O)(=O)O)c1.[H-].[Na+]. The summed E-state index contributed by atoms with van der Waals surface area (Å²) in [6.07, 6.45) is 0. The van der Waals surface area contributed by atoms with Gasteiger partial charge in [0.2, 0.25) is 0 Å². The van der Waals surface area contributed by atoms with Crippen LogP contribution in [0.15, 0.2) is 23.1 Å². The fraction of sp³-hybridized carbons (Fsp3) is 0.273. The molecule has 0 fully saturated rings. The Morgan fingerprint density at radius 3 is 2.14 bits per heavy atom. The molecule has 0 atom stereocenters. The van der Waals surface area contributed by atoms with Crippen LogP contribution in [0.5, 0.6) is 0 Å². The van der Waals surface area contributed by atoms with E-state index in [0.29, 0.717) is 0 Å². The molecule has 0 amide bonds. The summed E-state index contributed by atoms with van der Waals surface area (Å²) in [5.74, 6) is -1.83. The maximum Gasteiger partial charge on any atom is 1.00 e. The van der Waals surface area contributed by atoms with E-state index in [9.17, 15) is 18.0 Å². The van der Waals surface area contributed by atoms with Crippen LogP contribution in [0.4, 0.5) is 0 Å². The van der Waals surface area contributed by atoms with E-state index in [1.165, 1.54) is 0 Å². The Morgan fingerprint density at radius 2 is 1.71 bits per heavy atom. The number of benzene rings is 1. The Bertz CT molecular complexity index is 631. The summed E-state index contributed by atoms with van der Waals surface area (Å²) < 4.78 is 40.2. The van der Waals surface area contributed by atoms with Gasteiger partial charge in [0.05, 0.1) is 29.7 Å². The topological polar surface area (TPSA) is 127 Å². The molecular formula is C11H13NaO8S. The number of methoxy groups -OCH3 is 1. The molecule has 10 heteroatoms. The van der Waals surface area contributed by atoms with Gasteiger partial charge in [0.1, 0.15) is 6.61 Å². The Kier molecular flexibility index (Phi) is 8.08. The van der Waals surface area contributed by atoms with Crippen LogP contribution in [0.2, 0.25) is 0 Å². The second-order valence-corrected chi connectivity index (χ2v) is 4.99. The van der Waals surface area contributed by atoms with E-state index in [2.05, 4.69) is 9.47 Å². The summed E-state index contributed by atoms with van der Waals surface area (Å²) in [4.78, 5) is 22.3. The number of rotatable bonds is 5. The van der Waals surface area contributed by atoms with Crippen LogP contribution in [-0.4, -0.2) is 50.3 Å². The van der Waals surface area contributed by atoms with E-state index in [4.69, 9.17) is 9.66 Å². The van der Waals surface area contributed by atoms with E-state index in [1.54, 1.807) is 0 Å². The molecule has 0 unspecified atom stereocenters. The van der Waals surface area contributed by atoms with Crippen molar-refractivity contribution in [1.29, 1.82) is 0 Å². The molecular weight excluding hydrogens is 315 g/mol. The van der Waals surface area contributed by atoms with Crippen molar-refractivity contribution in [2.75, 3.05) is 20.3 Å². The van der Waals surface area contributed by atoms with Crippen molar-refractivity contribution in [2.24, 2.45) is 0 Å². The van der Waals surface area contributed by atoms with Crippen molar-refractivity contribution in [1.82, 2.24) is 0 Å². The van der Waals surface area contributed by atoms with E-state index in [0.717, 1.165) is 25.3 Å². The monoisotopic (exact) mass is 328 g/mol. The Morgan fingerprint density at radius 1 is 1.19 bits per heavy atom. The van der Waals surface area contributed by atoms with Crippen molar-refractivity contribution in [3.8, 4) is 0 Å². The maximum atomic E-state index is 11.6. The molecule has 1 rings (SSSR count). The first-order valence-electron chi connectivity index (χ1n) is 5.28. The van der Waals surface area contributed by atoms with Crippen molar-refractivity contribution < 1.29 is 68.1 Å². The van der Waals surface area contributed by atoms with Gasteiger partial charge in [-0.15, -0.1) is 0 Å². The van der Waals surface area contributed by atoms with Crippen molar-refractivity contribution >= 4 is 22.1 Å². The van der Waals surface area contributed by atoms with Gasteiger partial charge >= 0.3 is 41.5 Å². The molecule has 0 saturated carbocycles. The van der Waals surface area contributed by atoms with Gasteiger partial charge in [-0.1, -0.05) is 0 Å². The van der Waals surface area contributed by atoms with Gasteiger partial charge in [-0.2, -0.15) is 8.42 Å². The Labute approximate surface area is 144 Å². The Balaban J connectivity index is 0. The second-order valence-electron chi connectivity index (χ2n) is 3.57. The van der Waals surface area contributed by atoms with Crippen molar-refractivity contribution in [3.63, 3.8) is 0 Å². The summed E-state index contributed by atoms with van der Waals surface area (Å²) in [5.41, 5.74) is -0.507. The van der Waals surface area contributed by atoms with Crippen LogP contribution < -0.4 is 29.6 Å². The predicted octanol–water partition coefficient (Wildman–Crippen LogP) is -3.01.